The van der Waals surface area contributed by atoms with Gasteiger partial charge in [-0.15, -0.1) is 0 Å². The zero-order chi connectivity index (χ0) is 18.7. The third-order valence-electron chi connectivity index (χ3n) is 3.41. The van der Waals surface area contributed by atoms with Gasteiger partial charge in [0.05, 0.1) is 10.6 Å². The molecule has 0 bridgehead atoms. The van der Waals surface area contributed by atoms with Crippen molar-refractivity contribution in [3.63, 3.8) is 0 Å². The van der Waals surface area contributed by atoms with Crippen molar-refractivity contribution >= 4 is 51.9 Å². The van der Waals surface area contributed by atoms with E-state index in [1.807, 2.05) is 0 Å². The molecule has 0 unspecified atom stereocenters. The van der Waals surface area contributed by atoms with Crippen LogP contribution in [0, 0.1) is 5.82 Å². The number of aliphatic carboxylic acids is 1. The second kappa shape index (κ2) is 7.67. The van der Waals surface area contributed by atoms with E-state index in [0.717, 1.165) is 16.7 Å². The van der Waals surface area contributed by atoms with Gasteiger partial charge in [0, 0.05) is 0 Å². The fourth-order valence-electron chi connectivity index (χ4n) is 2.30. The average Bonchev–Trinajstić information content (AvgIpc) is 2.88. The lowest BCUT2D eigenvalue weighted by Crippen LogP contribution is -2.28. The number of rotatable bonds is 5. The molecule has 1 saturated heterocycles. The molecular weight excluding hydrogens is 377 g/mol. The number of carbonyl (C=O) groups excluding carboxylic acids is 1. The van der Waals surface area contributed by atoms with Crippen molar-refractivity contribution in [2.75, 3.05) is 11.5 Å². The summed E-state index contributed by atoms with van der Waals surface area (Å²) in [5.74, 6) is -1.66. The fraction of sp³-hybridized carbons (Fsp3) is 0.0556. The lowest BCUT2D eigenvalue weighted by molar-refractivity contribution is -0.139. The number of carboxylic acid groups (broad SMARTS) is 1. The first kappa shape index (κ1) is 18.1. The highest BCUT2D eigenvalue weighted by Crippen LogP contribution is 2.37. The van der Waals surface area contributed by atoms with Crippen LogP contribution in [0.15, 0.2) is 53.4 Å². The van der Waals surface area contributed by atoms with Crippen molar-refractivity contribution in [3.8, 4) is 5.75 Å². The molecule has 1 aliphatic heterocycles. The average molecular weight is 389 g/mol. The molecule has 1 aliphatic rings. The number of ether oxygens (including phenoxy) is 1. The lowest BCUT2D eigenvalue weighted by Gasteiger charge is -2.14. The van der Waals surface area contributed by atoms with Gasteiger partial charge >= 0.3 is 5.97 Å². The Balaban J connectivity index is 1.85. The second-order valence-corrected chi connectivity index (χ2v) is 6.90. The van der Waals surface area contributed by atoms with E-state index in [-0.39, 0.29) is 10.0 Å². The van der Waals surface area contributed by atoms with Gasteiger partial charge in [-0.25, -0.2) is 9.18 Å². The van der Waals surface area contributed by atoms with Gasteiger partial charge in [0.15, 0.2) is 10.9 Å². The first-order valence-corrected chi connectivity index (χ1v) is 8.65. The number of nitrogens with zero attached hydrogens (tertiary/aromatic N) is 1. The molecule has 0 saturated carbocycles. The van der Waals surface area contributed by atoms with E-state index in [2.05, 4.69) is 0 Å². The smallest absolute Gasteiger partial charge is 0.341 e. The SMILES string of the molecule is O=C(O)COc1cccc(/C=C2\SC(=S)N(c3ccccc3F)C2=O)c1. The molecule has 8 heteroatoms. The molecule has 1 fully saturated rings. The maximum absolute atomic E-state index is 14.0. The van der Waals surface area contributed by atoms with Crippen LogP contribution in [0.5, 0.6) is 5.75 Å². The number of hydrogen-bond acceptors (Lipinski definition) is 5. The van der Waals surface area contributed by atoms with Crippen LogP contribution in [0.25, 0.3) is 6.08 Å². The van der Waals surface area contributed by atoms with Crippen molar-refractivity contribution in [3.05, 3.63) is 64.8 Å². The number of amides is 1. The predicted octanol–water partition coefficient (Wildman–Crippen LogP) is 3.69. The number of para-hydroxylation sites is 1. The van der Waals surface area contributed by atoms with Crippen LogP contribution in [-0.2, 0) is 9.59 Å². The van der Waals surface area contributed by atoms with Crippen molar-refractivity contribution < 1.29 is 23.8 Å². The molecule has 0 atom stereocenters. The fourth-order valence-corrected chi connectivity index (χ4v) is 3.58. The maximum Gasteiger partial charge on any atom is 0.341 e. The van der Waals surface area contributed by atoms with Crippen LogP contribution >= 0.6 is 24.0 Å². The molecule has 132 valence electrons. The molecule has 0 radical (unpaired) electrons. The van der Waals surface area contributed by atoms with Gasteiger partial charge < -0.3 is 9.84 Å². The molecule has 1 heterocycles. The Morgan fingerprint density at radius 3 is 2.77 bits per heavy atom. The van der Waals surface area contributed by atoms with E-state index >= 15 is 0 Å². The van der Waals surface area contributed by atoms with E-state index in [4.69, 9.17) is 22.1 Å². The number of carbonyl (C=O) groups is 2. The summed E-state index contributed by atoms with van der Waals surface area (Å²) in [6.45, 7) is -0.459. The molecule has 3 rings (SSSR count). The summed E-state index contributed by atoms with van der Waals surface area (Å²) in [4.78, 5) is 24.7. The first-order chi connectivity index (χ1) is 12.5. The minimum atomic E-state index is -1.08. The van der Waals surface area contributed by atoms with Crippen LogP contribution in [-0.4, -0.2) is 27.9 Å². The maximum atomic E-state index is 14.0. The van der Waals surface area contributed by atoms with Crippen LogP contribution in [0.3, 0.4) is 0 Å². The number of carboxylic acids is 1. The summed E-state index contributed by atoms with van der Waals surface area (Å²) in [6, 6.07) is 12.6. The minimum absolute atomic E-state index is 0.108. The number of benzene rings is 2. The molecule has 1 N–H and O–H groups in total. The predicted molar refractivity (Wildman–Crippen MR) is 102 cm³/mol. The molecule has 0 aromatic heterocycles. The monoisotopic (exact) mass is 389 g/mol. The highest BCUT2D eigenvalue weighted by Gasteiger charge is 2.34. The Bertz CT molecular complexity index is 929. The Morgan fingerprint density at radius 2 is 2.04 bits per heavy atom. The number of thioether (sulfide) groups is 1. The number of anilines is 1. The molecule has 2 aromatic rings. The van der Waals surface area contributed by atoms with E-state index in [9.17, 15) is 14.0 Å². The Morgan fingerprint density at radius 1 is 1.27 bits per heavy atom. The largest absolute Gasteiger partial charge is 0.482 e. The Kier molecular flexibility index (Phi) is 5.34. The second-order valence-electron chi connectivity index (χ2n) is 5.22. The summed E-state index contributed by atoms with van der Waals surface area (Å²) in [7, 11) is 0. The molecule has 1 amide bonds. The standard InChI is InChI=1S/C18H12FNO4S2/c19-13-6-1-2-7-14(13)20-17(23)15(26-18(20)25)9-11-4-3-5-12(8-11)24-10-16(21)22/h1-9H,10H2,(H,21,22)/b15-9-. The highest BCUT2D eigenvalue weighted by molar-refractivity contribution is 8.27. The summed E-state index contributed by atoms with van der Waals surface area (Å²) in [5.41, 5.74) is 0.749. The van der Waals surface area contributed by atoms with Crippen LogP contribution < -0.4 is 9.64 Å². The summed E-state index contributed by atoms with van der Waals surface area (Å²) in [6.07, 6.45) is 1.60. The summed E-state index contributed by atoms with van der Waals surface area (Å²) in [5, 5.41) is 8.66. The van der Waals surface area contributed by atoms with Crippen molar-refractivity contribution in [2.24, 2.45) is 0 Å². The van der Waals surface area contributed by atoms with E-state index in [1.54, 1.807) is 36.4 Å². The summed E-state index contributed by atoms with van der Waals surface area (Å²) < 4.78 is 19.4. The molecule has 26 heavy (non-hydrogen) atoms. The van der Waals surface area contributed by atoms with Crippen molar-refractivity contribution in [1.82, 2.24) is 0 Å². The quantitative estimate of drug-likeness (QED) is 0.621. The molecular formula is C18H12FNO4S2. The van der Waals surface area contributed by atoms with Gasteiger partial charge in [-0.2, -0.15) is 0 Å². The van der Waals surface area contributed by atoms with Crippen molar-refractivity contribution in [1.29, 1.82) is 0 Å². The topological polar surface area (TPSA) is 66.8 Å². The number of thiocarbonyl (C=S) groups is 1. The van der Waals surface area contributed by atoms with Gasteiger partial charge in [0.25, 0.3) is 5.91 Å². The molecule has 0 spiro atoms. The minimum Gasteiger partial charge on any atom is -0.482 e. The normalized spacial score (nSPS) is 15.6. The number of halogens is 1. The van der Waals surface area contributed by atoms with Crippen molar-refractivity contribution in [2.45, 2.75) is 0 Å². The molecule has 2 aromatic carbocycles. The van der Waals surface area contributed by atoms with E-state index in [1.165, 1.54) is 18.2 Å². The highest BCUT2D eigenvalue weighted by atomic mass is 32.2. The third-order valence-corrected chi connectivity index (χ3v) is 4.71. The zero-order valence-electron chi connectivity index (χ0n) is 13.2. The van der Waals surface area contributed by atoms with Gasteiger partial charge in [-0.05, 0) is 35.9 Å². The van der Waals surface area contributed by atoms with Gasteiger partial charge in [-0.1, -0.05) is 48.2 Å². The third kappa shape index (κ3) is 3.92. The van der Waals surface area contributed by atoms with Crippen LogP contribution in [0.4, 0.5) is 10.1 Å². The Labute approximate surface area is 158 Å². The van der Waals surface area contributed by atoms with E-state index < -0.39 is 24.3 Å². The van der Waals surface area contributed by atoms with Gasteiger partial charge in [-0.3, -0.25) is 9.69 Å². The lowest BCUT2D eigenvalue weighted by atomic mass is 10.2. The molecule has 0 aliphatic carbocycles. The zero-order valence-corrected chi connectivity index (χ0v) is 14.8. The van der Waals surface area contributed by atoms with Crippen LogP contribution in [0.2, 0.25) is 0 Å². The van der Waals surface area contributed by atoms with Gasteiger partial charge in [0.2, 0.25) is 0 Å². The van der Waals surface area contributed by atoms with E-state index in [0.29, 0.717) is 16.2 Å². The Hall–Kier alpha value is -2.71. The first-order valence-electron chi connectivity index (χ1n) is 7.43. The van der Waals surface area contributed by atoms with Crippen LogP contribution in [0.1, 0.15) is 5.56 Å². The molecule has 5 nitrogen and oxygen atoms in total. The van der Waals surface area contributed by atoms with Gasteiger partial charge in [0.1, 0.15) is 11.6 Å². The number of hydrogen-bond donors (Lipinski definition) is 1. The summed E-state index contributed by atoms with van der Waals surface area (Å²) >= 11 is 6.29.